The summed E-state index contributed by atoms with van der Waals surface area (Å²) in [5.74, 6) is 3.31. The van der Waals surface area contributed by atoms with Crippen molar-refractivity contribution in [1.29, 1.82) is 0 Å². The van der Waals surface area contributed by atoms with E-state index in [1.54, 1.807) is 19.3 Å². The third kappa shape index (κ3) is 4.17. The molecule has 3 unspecified atom stereocenters. The lowest BCUT2D eigenvalue weighted by Gasteiger charge is -2.10. The van der Waals surface area contributed by atoms with E-state index in [-0.39, 0.29) is 0 Å². The fourth-order valence-corrected chi connectivity index (χ4v) is 3.31. The van der Waals surface area contributed by atoms with Gasteiger partial charge in [-0.3, -0.25) is 0 Å². The smallest absolute Gasteiger partial charge is 0.0383 e. The standard InChI is InChI=1S/C15H28/c1-13-8-4-2-3-5-10-14-12-15(14)11-7-6-9-13/h13-15H,2-12H2,1H3. The Morgan fingerprint density at radius 2 is 1.07 bits per heavy atom. The molecule has 15 heavy (non-hydrogen) atoms. The molecule has 2 saturated carbocycles. The van der Waals surface area contributed by atoms with Gasteiger partial charge in [0.05, 0.1) is 0 Å². The largest absolute Gasteiger partial charge is 0.0625 e. The molecule has 0 bridgehead atoms. The molecule has 0 N–H and O–H groups in total. The average molecular weight is 208 g/mol. The van der Waals surface area contributed by atoms with E-state index < -0.39 is 0 Å². The second-order valence-corrected chi connectivity index (χ2v) is 6.14. The predicted molar refractivity (Wildman–Crippen MR) is 66.9 cm³/mol. The Morgan fingerprint density at radius 1 is 0.600 bits per heavy atom. The molecule has 0 heteroatoms. The van der Waals surface area contributed by atoms with Gasteiger partial charge in [0, 0.05) is 0 Å². The fraction of sp³-hybridized carbons (Fsp3) is 1.00. The Labute approximate surface area is 95.8 Å². The van der Waals surface area contributed by atoms with Gasteiger partial charge in [-0.05, 0) is 24.2 Å². The van der Waals surface area contributed by atoms with Crippen molar-refractivity contribution in [2.75, 3.05) is 0 Å². The van der Waals surface area contributed by atoms with E-state index in [0.29, 0.717) is 0 Å². The molecule has 0 aliphatic heterocycles. The SMILES string of the molecule is CC1CCCCCCC2CC2CCCC1. The van der Waals surface area contributed by atoms with Crippen molar-refractivity contribution in [3.63, 3.8) is 0 Å². The quantitative estimate of drug-likeness (QED) is 0.515. The van der Waals surface area contributed by atoms with Crippen LogP contribution in [0.15, 0.2) is 0 Å². The molecule has 0 spiro atoms. The zero-order valence-electron chi connectivity index (χ0n) is 10.5. The van der Waals surface area contributed by atoms with Crippen LogP contribution in [0.4, 0.5) is 0 Å². The summed E-state index contributed by atoms with van der Waals surface area (Å²) in [4.78, 5) is 0. The van der Waals surface area contributed by atoms with Gasteiger partial charge in [0.25, 0.3) is 0 Å². The van der Waals surface area contributed by atoms with Crippen LogP contribution in [0.2, 0.25) is 0 Å². The second-order valence-electron chi connectivity index (χ2n) is 6.14. The maximum absolute atomic E-state index is 2.46. The van der Waals surface area contributed by atoms with E-state index in [1.807, 2.05) is 0 Å². The number of fused-ring (bicyclic) bond motifs is 1. The van der Waals surface area contributed by atoms with Crippen LogP contribution in [0.1, 0.15) is 77.6 Å². The summed E-state index contributed by atoms with van der Waals surface area (Å²) in [6.07, 6.45) is 16.7. The van der Waals surface area contributed by atoms with Crippen molar-refractivity contribution in [2.24, 2.45) is 17.8 Å². The molecule has 0 radical (unpaired) electrons. The van der Waals surface area contributed by atoms with E-state index in [2.05, 4.69) is 6.92 Å². The van der Waals surface area contributed by atoms with Gasteiger partial charge in [-0.15, -0.1) is 0 Å². The van der Waals surface area contributed by atoms with E-state index >= 15 is 0 Å². The highest BCUT2D eigenvalue weighted by molar-refractivity contribution is 4.85. The van der Waals surface area contributed by atoms with Crippen molar-refractivity contribution in [3.8, 4) is 0 Å². The maximum atomic E-state index is 2.46. The molecule has 0 aromatic rings. The topological polar surface area (TPSA) is 0 Å². The molecule has 0 aromatic heterocycles. The first-order chi connectivity index (χ1) is 7.36. The van der Waals surface area contributed by atoms with E-state index in [1.165, 1.54) is 51.4 Å². The highest BCUT2D eigenvalue weighted by atomic mass is 14.4. The third-order valence-corrected chi connectivity index (χ3v) is 4.61. The van der Waals surface area contributed by atoms with Crippen LogP contribution < -0.4 is 0 Å². The van der Waals surface area contributed by atoms with Crippen LogP contribution in [0.25, 0.3) is 0 Å². The van der Waals surface area contributed by atoms with Crippen LogP contribution >= 0.6 is 0 Å². The zero-order valence-corrected chi connectivity index (χ0v) is 10.5. The van der Waals surface area contributed by atoms with Gasteiger partial charge in [0.2, 0.25) is 0 Å². The molecule has 0 amide bonds. The Balaban J connectivity index is 1.69. The molecule has 2 aliphatic rings. The average Bonchev–Trinajstić information content (AvgIpc) is 2.96. The van der Waals surface area contributed by atoms with Crippen LogP contribution in [0.3, 0.4) is 0 Å². The lowest BCUT2D eigenvalue weighted by atomic mass is 9.96. The molecule has 0 nitrogen and oxygen atoms in total. The van der Waals surface area contributed by atoms with Crippen LogP contribution in [0, 0.1) is 17.8 Å². The van der Waals surface area contributed by atoms with Crippen LogP contribution in [-0.4, -0.2) is 0 Å². The van der Waals surface area contributed by atoms with Crippen molar-refractivity contribution in [2.45, 2.75) is 77.6 Å². The summed E-state index contributed by atoms with van der Waals surface area (Å²) in [7, 11) is 0. The predicted octanol–water partition coefficient (Wildman–Crippen LogP) is 5.17. The maximum Gasteiger partial charge on any atom is -0.0383 e. The molecule has 88 valence electrons. The summed E-state index contributed by atoms with van der Waals surface area (Å²) < 4.78 is 0. The van der Waals surface area contributed by atoms with Gasteiger partial charge >= 0.3 is 0 Å². The third-order valence-electron chi connectivity index (χ3n) is 4.61. The number of hydrogen-bond acceptors (Lipinski definition) is 0. The molecule has 0 heterocycles. The fourth-order valence-electron chi connectivity index (χ4n) is 3.31. The lowest BCUT2D eigenvalue weighted by molar-refractivity contribution is 0.435. The molecule has 3 atom stereocenters. The van der Waals surface area contributed by atoms with Gasteiger partial charge in [0.1, 0.15) is 0 Å². The van der Waals surface area contributed by atoms with Crippen molar-refractivity contribution >= 4 is 0 Å². The van der Waals surface area contributed by atoms with Gasteiger partial charge in [0.15, 0.2) is 0 Å². The van der Waals surface area contributed by atoms with Crippen molar-refractivity contribution < 1.29 is 0 Å². The first-order valence-electron chi connectivity index (χ1n) is 7.36. The molecular weight excluding hydrogens is 180 g/mol. The molecule has 2 aliphatic carbocycles. The van der Waals surface area contributed by atoms with Crippen LogP contribution in [-0.2, 0) is 0 Å². The number of rotatable bonds is 0. The minimum Gasteiger partial charge on any atom is -0.0625 e. The van der Waals surface area contributed by atoms with Crippen molar-refractivity contribution in [3.05, 3.63) is 0 Å². The second kappa shape index (κ2) is 5.92. The summed E-state index contributed by atoms with van der Waals surface area (Å²) in [5, 5.41) is 0. The van der Waals surface area contributed by atoms with Crippen molar-refractivity contribution in [1.82, 2.24) is 0 Å². The van der Waals surface area contributed by atoms with Gasteiger partial charge in [-0.2, -0.15) is 0 Å². The van der Waals surface area contributed by atoms with E-state index in [9.17, 15) is 0 Å². The van der Waals surface area contributed by atoms with Crippen LogP contribution in [0.5, 0.6) is 0 Å². The Hall–Kier alpha value is 0. The monoisotopic (exact) mass is 208 g/mol. The zero-order chi connectivity index (χ0) is 10.5. The summed E-state index contributed by atoms with van der Waals surface area (Å²) >= 11 is 0. The first kappa shape index (κ1) is 11.5. The van der Waals surface area contributed by atoms with Gasteiger partial charge in [-0.25, -0.2) is 0 Å². The molecule has 2 rings (SSSR count). The molecule has 0 aromatic carbocycles. The summed E-state index contributed by atoms with van der Waals surface area (Å²) in [6, 6.07) is 0. The van der Waals surface area contributed by atoms with E-state index in [0.717, 1.165) is 17.8 Å². The summed E-state index contributed by atoms with van der Waals surface area (Å²) in [5.41, 5.74) is 0. The summed E-state index contributed by atoms with van der Waals surface area (Å²) in [6.45, 7) is 2.46. The highest BCUT2D eigenvalue weighted by Crippen LogP contribution is 2.46. The Kier molecular flexibility index (Phi) is 4.53. The first-order valence-corrected chi connectivity index (χ1v) is 7.36. The Morgan fingerprint density at radius 3 is 1.73 bits per heavy atom. The highest BCUT2D eigenvalue weighted by Gasteiger charge is 2.35. The lowest BCUT2D eigenvalue weighted by Crippen LogP contribution is -1.95. The van der Waals surface area contributed by atoms with Gasteiger partial charge < -0.3 is 0 Å². The minimum atomic E-state index is 1.00. The minimum absolute atomic E-state index is 1.00. The Bertz CT molecular complexity index is 165. The normalized spacial score (nSPS) is 39.4. The van der Waals surface area contributed by atoms with Gasteiger partial charge in [-0.1, -0.05) is 71.1 Å². The molecule has 2 fully saturated rings. The molecular formula is C15H28. The van der Waals surface area contributed by atoms with E-state index in [4.69, 9.17) is 0 Å². The molecule has 0 saturated heterocycles. The number of hydrogen-bond donors (Lipinski definition) is 0.